The van der Waals surface area contributed by atoms with Crippen LogP contribution in [0.2, 0.25) is 0 Å². The highest BCUT2D eigenvalue weighted by molar-refractivity contribution is 5.14. The zero-order valence-corrected chi connectivity index (χ0v) is 29.3. The lowest BCUT2D eigenvalue weighted by Gasteiger charge is -2.19. The maximum Gasteiger partial charge on any atom is 0.104 e. The van der Waals surface area contributed by atoms with Gasteiger partial charge in [-0.3, -0.25) is 0 Å². The van der Waals surface area contributed by atoms with Crippen LogP contribution in [-0.2, 0) is 41.6 Å². The Hall–Kier alpha value is -1.80. The maximum atomic E-state index is 6.16. The van der Waals surface area contributed by atoms with E-state index in [4.69, 9.17) is 28.4 Å². The van der Waals surface area contributed by atoms with E-state index in [-0.39, 0.29) is 12.2 Å². The summed E-state index contributed by atoms with van der Waals surface area (Å²) < 4.78 is 36.3. The molecule has 0 N–H and O–H groups in total. The molecule has 0 fully saturated rings. The van der Waals surface area contributed by atoms with Gasteiger partial charge in [0.2, 0.25) is 0 Å². The van der Waals surface area contributed by atoms with Crippen molar-refractivity contribution < 1.29 is 28.4 Å². The maximum absolute atomic E-state index is 6.16. The Bertz CT molecular complexity index is 806. The van der Waals surface area contributed by atoms with Crippen LogP contribution < -0.4 is 0 Å². The van der Waals surface area contributed by atoms with Crippen molar-refractivity contribution in [3.05, 3.63) is 71.8 Å². The zero-order chi connectivity index (χ0) is 32.6. The minimum absolute atomic E-state index is 0.0218. The van der Waals surface area contributed by atoms with Crippen LogP contribution >= 0.6 is 0 Å². The fourth-order valence-electron chi connectivity index (χ4n) is 5.16. The molecule has 6 nitrogen and oxygen atoms in total. The summed E-state index contributed by atoms with van der Waals surface area (Å²) in [5.41, 5.74) is 2.37. The molecule has 262 valence electrons. The molecule has 0 saturated carbocycles. The summed E-state index contributed by atoms with van der Waals surface area (Å²) in [5.74, 6) is 0. The minimum atomic E-state index is -0.0218. The standard InChI is InChI=1S/C40H66O6/c1-3-5-7-9-21-29-45-39(35-43-31-37-23-15-13-16-24-37)33-41-27-19-11-12-20-28-42-34-40(46-30-22-10-8-6-4-2)36-44-32-38-25-17-14-18-26-38/h13-18,23-26,39-40H,3-12,19-22,27-36H2,1-2H3. The lowest BCUT2D eigenvalue weighted by Crippen LogP contribution is -2.26. The molecule has 0 aliphatic heterocycles. The lowest BCUT2D eigenvalue weighted by atomic mass is 10.2. The predicted octanol–water partition coefficient (Wildman–Crippen LogP) is 9.72. The first-order chi connectivity index (χ1) is 22.8. The number of unbranched alkanes of at least 4 members (excludes halogenated alkanes) is 11. The van der Waals surface area contributed by atoms with E-state index in [2.05, 4.69) is 38.1 Å². The topological polar surface area (TPSA) is 55.4 Å². The van der Waals surface area contributed by atoms with E-state index in [1.807, 2.05) is 36.4 Å². The van der Waals surface area contributed by atoms with Crippen molar-refractivity contribution >= 4 is 0 Å². The van der Waals surface area contributed by atoms with Crippen LogP contribution in [0.25, 0.3) is 0 Å². The first kappa shape index (κ1) is 40.4. The average Bonchev–Trinajstić information content (AvgIpc) is 3.09. The Morgan fingerprint density at radius 2 is 0.739 bits per heavy atom. The van der Waals surface area contributed by atoms with Gasteiger partial charge in [-0.15, -0.1) is 0 Å². The Morgan fingerprint density at radius 1 is 0.391 bits per heavy atom. The monoisotopic (exact) mass is 642 g/mol. The van der Waals surface area contributed by atoms with Crippen LogP contribution in [0.5, 0.6) is 0 Å². The van der Waals surface area contributed by atoms with Crippen molar-refractivity contribution in [3.8, 4) is 0 Å². The van der Waals surface area contributed by atoms with Gasteiger partial charge in [0.15, 0.2) is 0 Å². The molecular weight excluding hydrogens is 576 g/mol. The highest BCUT2D eigenvalue weighted by atomic mass is 16.6. The zero-order valence-electron chi connectivity index (χ0n) is 29.3. The SMILES string of the molecule is CCCCCCCOC(COCCCCCCOCC(COCc1ccccc1)OCCCCCCC)COCc1ccccc1. The molecular formula is C40H66O6. The van der Waals surface area contributed by atoms with E-state index in [1.54, 1.807) is 0 Å². The van der Waals surface area contributed by atoms with Crippen molar-refractivity contribution in [2.75, 3.05) is 52.9 Å². The van der Waals surface area contributed by atoms with Crippen LogP contribution in [0.4, 0.5) is 0 Å². The molecule has 2 atom stereocenters. The smallest absolute Gasteiger partial charge is 0.104 e. The van der Waals surface area contributed by atoms with Crippen LogP contribution in [0.1, 0.15) is 115 Å². The van der Waals surface area contributed by atoms with Gasteiger partial charge in [-0.25, -0.2) is 0 Å². The van der Waals surface area contributed by atoms with E-state index in [1.165, 1.54) is 62.5 Å². The van der Waals surface area contributed by atoms with E-state index < -0.39 is 0 Å². The highest BCUT2D eigenvalue weighted by Crippen LogP contribution is 2.09. The Balaban J connectivity index is 1.55. The number of hydrogen-bond acceptors (Lipinski definition) is 6. The van der Waals surface area contributed by atoms with Gasteiger partial charge in [0, 0.05) is 26.4 Å². The Morgan fingerprint density at radius 3 is 1.13 bits per heavy atom. The first-order valence-corrected chi connectivity index (χ1v) is 18.4. The second-order valence-corrected chi connectivity index (χ2v) is 12.4. The molecule has 46 heavy (non-hydrogen) atoms. The summed E-state index contributed by atoms with van der Waals surface area (Å²) in [6, 6.07) is 20.6. The molecule has 0 saturated heterocycles. The quantitative estimate of drug-likeness (QED) is 0.0723. The van der Waals surface area contributed by atoms with Gasteiger partial charge in [0.25, 0.3) is 0 Å². The first-order valence-electron chi connectivity index (χ1n) is 18.4. The summed E-state index contributed by atoms with van der Waals surface area (Å²) in [4.78, 5) is 0. The van der Waals surface area contributed by atoms with Crippen LogP contribution in [0.3, 0.4) is 0 Å². The number of ether oxygens (including phenoxy) is 6. The molecule has 0 heterocycles. The van der Waals surface area contributed by atoms with Gasteiger partial charge in [-0.1, -0.05) is 139 Å². The third kappa shape index (κ3) is 23.5. The van der Waals surface area contributed by atoms with Crippen molar-refractivity contribution in [1.82, 2.24) is 0 Å². The Labute approximate surface area is 281 Å². The van der Waals surface area contributed by atoms with E-state index >= 15 is 0 Å². The fourth-order valence-corrected chi connectivity index (χ4v) is 5.16. The number of rotatable bonds is 33. The summed E-state index contributed by atoms with van der Waals surface area (Å²) in [6.07, 6.45) is 16.7. The molecule has 0 bridgehead atoms. The van der Waals surface area contributed by atoms with Gasteiger partial charge < -0.3 is 28.4 Å². The predicted molar refractivity (Wildman–Crippen MR) is 189 cm³/mol. The number of benzene rings is 2. The van der Waals surface area contributed by atoms with Crippen molar-refractivity contribution in [3.63, 3.8) is 0 Å². The van der Waals surface area contributed by atoms with Crippen LogP contribution in [-0.4, -0.2) is 65.1 Å². The highest BCUT2D eigenvalue weighted by Gasteiger charge is 2.12. The van der Waals surface area contributed by atoms with Crippen LogP contribution in [0.15, 0.2) is 60.7 Å². The average molecular weight is 643 g/mol. The Kier molecular flexibility index (Phi) is 26.8. The molecule has 2 aromatic carbocycles. The molecule has 2 unspecified atom stereocenters. The molecule has 0 aromatic heterocycles. The molecule has 0 amide bonds. The van der Waals surface area contributed by atoms with E-state index in [9.17, 15) is 0 Å². The van der Waals surface area contributed by atoms with Gasteiger partial charge >= 0.3 is 0 Å². The molecule has 6 heteroatoms. The number of hydrogen-bond donors (Lipinski definition) is 0. The van der Waals surface area contributed by atoms with E-state index in [0.717, 1.165) is 65.0 Å². The second-order valence-electron chi connectivity index (χ2n) is 12.4. The third-order valence-corrected chi connectivity index (χ3v) is 7.97. The minimum Gasteiger partial charge on any atom is -0.379 e. The largest absolute Gasteiger partial charge is 0.379 e. The molecule has 0 radical (unpaired) electrons. The van der Waals surface area contributed by atoms with Gasteiger partial charge in [0.1, 0.15) is 12.2 Å². The third-order valence-electron chi connectivity index (χ3n) is 7.97. The second kappa shape index (κ2) is 30.5. The summed E-state index contributed by atoms with van der Waals surface area (Å²) in [5, 5.41) is 0. The molecule has 2 aromatic rings. The fraction of sp³-hybridized carbons (Fsp3) is 0.700. The molecule has 0 aliphatic rings. The van der Waals surface area contributed by atoms with Crippen molar-refractivity contribution in [1.29, 1.82) is 0 Å². The van der Waals surface area contributed by atoms with Crippen molar-refractivity contribution in [2.45, 2.75) is 129 Å². The van der Waals surface area contributed by atoms with E-state index in [0.29, 0.717) is 39.6 Å². The summed E-state index contributed by atoms with van der Waals surface area (Å²) in [6.45, 7) is 11.0. The lowest BCUT2D eigenvalue weighted by molar-refractivity contribution is -0.0655. The molecule has 0 spiro atoms. The summed E-state index contributed by atoms with van der Waals surface area (Å²) in [7, 11) is 0. The van der Waals surface area contributed by atoms with Gasteiger partial charge in [0.05, 0.1) is 39.6 Å². The van der Waals surface area contributed by atoms with Gasteiger partial charge in [-0.2, -0.15) is 0 Å². The molecule has 2 rings (SSSR count). The normalized spacial score (nSPS) is 12.8. The van der Waals surface area contributed by atoms with Crippen molar-refractivity contribution in [2.24, 2.45) is 0 Å². The molecule has 0 aliphatic carbocycles. The summed E-state index contributed by atoms with van der Waals surface area (Å²) >= 11 is 0. The van der Waals surface area contributed by atoms with Gasteiger partial charge in [-0.05, 0) is 36.8 Å². The van der Waals surface area contributed by atoms with Crippen LogP contribution in [0, 0.1) is 0 Å².